The number of ether oxygens (including phenoxy) is 1. The van der Waals surface area contributed by atoms with E-state index in [4.69, 9.17) is 16.3 Å². The Hall–Kier alpha value is -1.03. The molecule has 0 aliphatic carbocycles. The van der Waals surface area contributed by atoms with E-state index in [2.05, 4.69) is 24.4 Å². The maximum atomic E-state index is 6.23. The fourth-order valence-corrected chi connectivity index (χ4v) is 3.27. The zero-order valence-electron chi connectivity index (χ0n) is 11.2. The zero-order valence-corrected chi connectivity index (χ0v) is 12.7. The molecule has 19 heavy (non-hydrogen) atoms. The van der Waals surface area contributed by atoms with Gasteiger partial charge in [0.15, 0.2) is 0 Å². The Balaban J connectivity index is 2.26. The van der Waals surface area contributed by atoms with E-state index in [-0.39, 0.29) is 6.04 Å². The molecule has 0 spiro atoms. The molecule has 1 unspecified atom stereocenters. The molecule has 2 rings (SSSR count). The predicted octanol–water partition coefficient (Wildman–Crippen LogP) is 4.50. The third kappa shape index (κ3) is 3.50. The van der Waals surface area contributed by atoms with Crippen molar-refractivity contribution in [3.63, 3.8) is 0 Å². The molecule has 2 nitrogen and oxygen atoms in total. The van der Waals surface area contributed by atoms with Crippen LogP contribution in [-0.4, -0.2) is 13.7 Å². The van der Waals surface area contributed by atoms with Crippen molar-refractivity contribution in [1.29, 1.82) is 0 Å². The van der Waals surface area contributed by atoms with Crippen molar-refractivity contribution in [3.05, 3.63) is 51.2 Å². The molecule has 1 aromatic carbocycles. The molecule has 1 aromatic heterocycles. The largest absolute Gasteiger partial charge is 0.494 e. The van der Waals surface area contributed by atoms with Crippen LogP contribution in [0.15, 0.2) is 35.7 Å². The molecule has 102 valence electrons. The molecule has 0 saturated carbocycles. The van der Waals surface area contributed by atoms with Crippen LogP contribution < -0.4 is 10.1 Å². The summed E-state index contributed by atoms with van der Waals surface area (Å²) in [5, 5.41) is 6.14. The summed E-state index contributed by atoms with van der Waals surface area (Å²) in [4.78, 5) is 1.14. The van der Waals surface area contributed by atoms with Gasteiger partial charge in [-0.1, -0.05) is 30.7 Å². The SMILES string of the molecule is CCCOc1cccc(C(NC)c2sccc2Cl)c1. The fourth-order valence-electron chi connectivity index (χ4n) is 1.96. The summed E-state index contributed by atoms with van der Waals surface area (Å²) in [5.74, 6) is 0.910. The Labute approximate surface area is 123 Å². The van der Waals surface area contributed by atoms with Gasteiger partial charge in [0, 0.05) is 4.88 Å². The van der Waals surface area contributed by atoms with Crippen LogP contribution in [0.2, 0.25) is 5.02 Å². The predicted molar refractivity (Wildman–Crippen MR) is 82.5 cm³/mol. The lowest BCUT2D eigenvalue weighted by Gasteiger charge is -2.17. The van der Waals surface area contributed by atoms with E-state index in [0.717, 1.165) is 28.7 Å². The van der Waals surface area contributed by atoms with Gasteiger partial charge < -0.3 is 10.1 Å². The van der Waals surface area contributed by atoms with E-state index in [9.17, 15) is 0 Å². The topological polar surface area (TPSA) is 21.3 Å². The molecule has 0 aliphatic rings. The molecule has 0 radical (unpaired) electrons. The maximum absolute atomic E-state index is 6.23. The van der Waals surface area contributed by atoms with Gasteiger partial charge in [0.25, 0.3) is 0 Å². The molecule has 0 amide bonds. The molecule has 0 aliphatic heterocycles. The van der Waals surface area contributed by atoms with Crippen molar-refractivity contribution in [2.45, 2.75) is 19.4 Å². The second-order valence-corrected chi connectivity index (χ2v) is 5.63. The number of nitrogens with one attached hydrogen (secondary N) is 1. The van der Waals surface area contributed by atoms with E-state index in [1.807, 2.05) is 30.6 Å². The number of rotatable bonds is 6. The van der Waals surface area contributed by atoms with E-state index in [1.54, 1.807) is 11.3 Å². The lowest BCUT2D eigenvalue weighted by atomic mass is 10.1. The molecule has 1 N–H and O–H groups in total. The maximum Gasteiger partial charge on any atom is 0.119 e. The van der Waals surface area contributed by atoms with Crippen LogP contribution in [0.1, 0.15) is 29.8 Å². The minimum atomic E-state index is 0.109. The van der Waals surface area contributed by atoms with Crippen LogP contribution in [0.25, 0.3) is 0 Å². The van der Waals surface area contributed by atoms with Gasteiger partial charge in [-0.05, 0) is 42.6 Å². The molecule has 0 bridgehead atoms. The van der Waals surface area contributed by atoms with Crippen LogP contribution in [0, 0.1) is 0 Å². The van der Waals surface area contributed by atoms with Crippen molar-refractivity contribution in [2.75, 3.05) is 13.7 Å². The second kappa shape index (κ2) is 6.94. The molecule has 4 heteroatoms. The lowest BCUT2D eigenvalue weighted by Crippen LogP contribution is -2.16. The minimum absolute atomic E-state index is 0.109. The first-order chi connectivity index (χ1) is 9.26. The third-order valence-corrected chi connectivity index (χ3v) is 4.28. The summed E-state index contributed by atoms with van der Waals surface area (Å²) in [6.45, 7) is 2.85. The number of thiophene rings is 1. The van der Waals surface area contributed by atoms with E-state index in [1.165, 1.54) is 5.56 Å². The van der Waals surface area contributed by atoms with Crippen molar-refractivity contribution in [3.8, 4) is 5.75 Å². The van der Waals surface area contributed by atoms with Crippen LogP contribution >= 0.6 is 22.9 Å². The molecule has 0 saturated heterocycles. The zero-order chi connectivity index (χ0) is 13.7. The van der Waals surface area contributed by atoms with Crippen molar-refractivity contribution >= 4 is 22.9 Å². The number of hydrogen-bond acceptors (Lipinski definition) is 3. The molecule has 1 heterocycles. The Morgan fingerprint density at radius 1 is 1.37 bits per heavy atom. The minimum Gasteiger partial charge on any atom is -0.494 e. The lowest BCUT2D eigenvalue weighted by molar-refractivity contribution is 0.317. The average Bonchev–Trinajstić information content (AvgIpc) is 2.84. The molecule has 1 atom stereocenters. The van der Waals surface area contributed by atoms with E-state index in [0.29, 0.717) is 0 Å². The van der Waals surface area contributed by atoms with Gasteiger partial charge in [-0.25, -0.2) is 0 Å². The monoisotopic (exact) mass is 295 g/mol. The standard InChI is InChI=1S/C15H18ClNOS/c1-3-8-18-12-6-4-5-11(10-12)14(17-2)15-13(16)7-9-19-15/h4-7,9-10,14,17H,3,8H2,1-2H3. The summed E-state index contributed by atoms with van der Waals surface area (Å²) in [6.07, 6.45) is 1.01. The summed E-state index contributed by atoms with van der Waals surface area (Å²) in [6, 6.07) is 10.2. The number of halogens is 1. The van der Waals surface area contributed by atoms with Crippen LogP contribution in [0.5, 0.6) is 5.75 Å². The Morgan fingerprint density at radius 2 is 2.21 bits per heavy atom. The summed E-state index contributed by atoms with van der Waals surface area (Å²) >= 11 is 7.89. The molecular formula is C15H18ClNOS. The van der Waals surface area contributed by atoms with Crippen LogP contribution in [0.4, 0.5) is 0 Å². The van der Waals surface area contributed by atoms with Gasteiger partial charge in [0.2, 0.25) is 0 Å². The van der Waals surface area contributed by atoms with Gasteiger partial charge in [0.1, 0.15) is 5.75 Å². The first kappa shape index (κ1) is 14.4. The summed E-state index contributed by atoms with van der Waals surface area (Å²) in [7, 11) is 1.94. The highest BCUT2D eigenvalue weighted by molar-refractivity contribution is 7.10. The van der Waals surface area contributed by atoms with Gasteiger partial charge in [-0.3, -0.25) is 0 Å². The van der Waals surface area contributed by atoms with E-state index < -0.39 is 0 Å². The third-order valence-electron chi connectivity index (χ3n) is 2.86. The average molecular weight is 296 g/mol. The Bertz CT molecular complexity index is 526. The van der Waals surface area contributed by atoms with Crippen molar-refractivity contribution in [2.24, 2.45) is 0 Å². The summed E-state index contributed by atoms with van der Waals surface area (Å²) < 4.78 is 5.68. The smallest absolute Gasteiger partial charge is 0.119 e. The highest BCUT2D eigenvalue weighted by Crippen LogP contribution is 2.33. The number of hydrogen-bond donors (Lipinski definition) is 1. The Kier molecular flexibility index (Phi) is 5.25. The van der Waals surface area contributed by atoms with Gasteiger partial charge in [-0.2, -0.15) is 0 Å². The van der Waals surface area contributed by atoms with Gasteiger partial charge in [-0.15, -0.1) is 11.3 Å². The van der Waals surface area contributed by atoms with Crippen molar-refractivity contribution in [1.82, 2.24) is 5.32 Å². The molecule has 2 aromatic rings. The van der Waals surface area contributed by atoms with Crippen LogP contribution in [-0.2, 0) is 0 Å². The molecular weight excluding hydrogens is 278 g/mol. The molecule has 0 fully saturated rings. The highest BCUT2D eigenvalue weighted by atomic mass is 35.5. The second-order valence-electron chi connectivity index (χ2n) is 4.28. The van der Waals surface area contributed by atoms with Gasteiger partial charge >= 0.3 is 0 Å². The first-order valence-electron chi connectivity index (χ1n) is 6.39. The van der Waals surface area contributed by atoms with Gasteiger partial charge in [0.05, 0.1) is 17.7 Å². The normalized spacial score (nSPS) is 12.4. The fraction of sp³-hybridized carbons (Fsp3) is 0.333. The van der Waals surface area contributed by atoms with Crippen molar-refractivity contribution < 1.29 is 4.74 Å². The Morgan fingerprint density at radius 3 is 2.84 bits per heavy atom. The van der Waals surface area contributed by atoms with E-state index >= 15 is 0 Å². The first-order valence-corrected chi connectivity index (χ1v) is 7.65. The van der Waals surface area contributed by atoms with Crippen LogP contribution in [0.3, 0.4) is 0 Å². The number of benzene rings is 1. The quantitative estimate of drug-likeness (QED) is 0.847. The summed E-state index contributed by atoms with van der Waals surface area (Å²) in [5.41, 5.74) is 1.17. The highest BCUT2D eigenvalue weighted by Gasteiger charge is 2.16.